The van der Waals surface area contributed by atoms with Gasteiger partial charge in [0.2, 0.25) is 24.3 Å². The summed E-state index contributed by atoms with van der Waals surface area (Å²) in [5, 5.41) is 15.2. The van der Waals surface area contributed by atoms with Gasteiger partial charge in [0.25, 0.3) is 0 Å². The standard InChI is InChI=1S/C29H44N6O12S2/c1-29(2,48-17-15-46-27(42)32-9-5-3-7-23(34-21-38)25(40)44-13-11-30-19-36)49-18-16-47-28(43)33-10-6-4-8-24(35-22-39)26(41)45-14-12-31-20-37/h23-25,40H,3-18H2,1-2H3,(H,32,42)(H,33,43). The summed E-state index contributed by atoms with van der Waals surface area (Å²) in [6, 6.07) is -1.85. The van der Waals surface area contributed by atoms with Crippen LogP contribution in [0.3, 0.4) is 0 Å². The Labute approximate surface area is 292 Å². The zero-order valence-electron chi connectivity index (χ0n) is 27.6. The molecule has 3 N–H and O–H groups in total. The van der Waals surface area contributed by atoms with E-state index in [1.54, 1.807) is 23.5 Å². The second-order valence-electron chi connectivity index (χ2n) is 10.1. The molecule has 0 heterocycles. The third kappa shape index (κ3) is 26.8. The maximum absolute atomic E-state index is 12.0. The van der Waals surface area contributed by atoms with Crippen LogP contribution in [-0.2, 0) is 42.9 Å². The van der Waals surface area contributed by atoms with Crippen molar-refractivity contribution in [2.75, 3.05) is 64.1 Å². The van der Waals surface area contributed by atoms with Crippen LogP contribution in [0.15, 0.2) is 20.0 Å². The van der Waals surface area contributed by atoms with Gasteiger partial charge in [0.05, 0.1) is 23.8 Å². The maximum atomic E-state index is 12.0. The first-order chi connectivity index (χ1) is 23.6. The van der Waals surface area contributed by atoms with Gasteiger partial charge in [-0.15, -0.1) is 23.5 Å². The minimum Gasteiger partial charge on any atom is -0.462 e. The van der Waals surface area contributed by atoms with Crippen LogP contribution >= 0.6 is 23.5 Å². The van der Waals surface area contributed by atoms with E-state index in [0.29, 0.717) is 56.7 Å². The van der Waals surface area contributed by atoms with Crippen molar-refractivity contribution in [3.8, 4) is 0 Å². The quantitative estimate of drug-likeness (QED) is 0.0248. The van der Waals surface area contributed by atoms with Crippen LogP contribution in [0.2, 0.25) is 0 Å². The van der Waals surface area contributed by atoms with Crippen LogP contribution in [0, 0.1) is 0 Å². The lowest BCUT2D eigenvalue weighted by Gasteiger charge is -2.23. The van der Waals surface area contributed by atoms with Gasteiger partial charge in [0, 0.05) is 24.6 Å². The summed E-state index contributed by atoms with van der Waals surface area (Å²) >= 11 is 3.16. The van der Waals surface area contributed by atoms with Gasteiger partial charge >= 0.3 is 18.2 Å². The zero-order chi connectivity index (χ0) is 36.6. The summed E-state index contributed by atoms with van der Waals surface area (Å²) in [5.41, 5.74) is 0. The molecule has 0 spiro atoms. The first-order valence-electron chi connectivity index (χ1n) is 15.4. The lowest BCUT2D eigenvalue weighted by atomic mass is 10.1. The molecule has 0 saturated carbocycles. The molecule has 49 heavy (non-hydrogen) atoms. The van der Waals surface area contributed by atoms with Crippen LogP contribution < -0.4 is 10.6 Å². The van der Waals surface area contributed by atoms with Crippen molar-refractivity contribution in [1.82, 2.24) is 10.6 Å². The van der Waals surface area contributed by atoms with E-state index in [4.69, 9.17) is 18.9 Å². The zero-order valence-corrected chi connectivity index (χ0v) is 29.2. The van der Waals surface area contributed by atoms with Crippen molar-refractivity contribution >= 4 is 66.0 Å². The molecule has 0 aliphatic rings. The lowest BCUT2D eigenvalue weighted by molar-refractivity contribution is -0.145. The van der Waals surface area contributed by atoms with E-state index < -0.39 is 36.5 Å². The molecule has 0 aliphatic carbocycles. The second kappa shape index (κ2) is 30.2. The largest absolute Gasteiger partial charge is 0.462 e. The molecule has 0 saturated heterocycles. The lowest BCUT2D eigenvalue weighted by Crippen LogP contribution is -2.29. The van der Waals surface area contributed by atoms with Gasteiger partial charge in [-0.25, -0.2) is 43.5 Å². The highest BCUT2D eigenvalue weighted by atomic mass is 32.2. The molecule has 0 fully saturated rings. The number of esters is 1. The third-order valence-electron chi connectivity index (χ3n) is 6.00. The molecule has 2 amide bonds. The molecule has 0 aromatic heterocycles. The van der Waals surface area contributed by atoms with E-state index in [1.807, 2.05) is 13.8 Å². The van der Waals surface area contributed by atoms with Gasteiger partial charge in [0.15, 0.2) is 12.3 Å². The van der Waals surface area contributed by atoms with Gasteiger partial charge in [-0.2, -0.15) is 9.98 Å². The Hall–Kier alpha value is -3.85. The number of carbonyl (C=O) groups excluding carboxylic acids is 7. The number of amides is 2. The Kier molecular flexibility index (Phi) is 27.9. The number of aliphatic hydroxyl groups excluding tert-OH is 1. The minimum absolute atomic E-state index is 0.0243. The van der Waals surface area contributed by atoms with E-state index in [1.165, 1.54) is 24.3 Å². The molecule has 0 radical (unpaired) electrons. The van der Waals surface area contributed by atoms with Crippen LogP contribution in [0.1, 0.15) is 52.4 Å². The van der Waals surface area contributed by atoms with Gasteiger partial charge in [0.1, 0.15) is 25.9 Å². The average Bonchev–Trinajstić information content (AvgIpc) is 3.07. The maximum Gasteiger partial charge on any atom is 0.407 e. The van der Waals surface area contributed by atoms with Crippen molar-refractivity contribution in [3.63, 3.8) is 0 Å². The molecular formula is C29H44N6O12S2. The Morgan fingerprint density at radius 3 is 1.78 bits per heavy atom. The summed E-state index contributed by atoms with van der Waals surface area (Å²) in [4.78, 5) is 90.6. The van der Waals surface area contributed by atoms with Crippen molar-refractivity contribution in [2.45, 2.75) is 74.8 Å². The molecule has 274 valence electrons. The normalized spacial score (nSPS) is 12.3. The first-order valence-corrected chi connectivity index (χ1v) is 17.3. The second-order valence-corrected chi connectivity index (χ2v) is 13.8. The fraction of sp³-hybridized carbons (Fsp3) is 0.759. The number of rotatable bonds is 29. The number of hydrogen-bond donors (Lipinski definition) is 3. The molecule has 0 rings (SSSR count). The van der Waals surface area contributed by atoms with Gasteiger partial charge < -0.3 is 34.7 Å². The summed E-state index contributed by atoms with van der Waals surface area (Å²) < 4.78 is 20.1. The number of ether oxygens (including phenoxy) is 4. The molecular weight excluding hydrogens is 688 g/mol. The number of hydrogen-bond acceptors (Lipinski definition) is 18. The smallest absolute Gasteiger partial charge is 0.407 e. The molecule has 3 atom stereocenters. The Morgan fingerprint density at radius 2 is 1.24 bits per heavy atom. The van der Waals surface area contributed by atoms with E-state index >= 15 is 0 Å². The summed E-state index contributed by atoms with van der Waals surface area (Å²) in [6.45, 7) is 4.81. The monoisotopic (exact) mass is 732 g/mol. The van der Waals surface area contributed by atoms with Crippen LogP contribution in [0.5, 0.6) is 0 Å². The molecule has 18 nitrogen and oxygen atoms in total. The Balaban J connectivity index is 4.00. The molecule has 0 aliphatic heterocycles. The molecule has 0 aromatic rings. The van der Waals surface area contributed by atoms with E-state index in [2.05, 4.69) is 30.6 Å². The Bertz CT molecular complexity index is 1170. The van der Waals surface area contributed by atoms with Gasteiger partial charge in [-0.3, -0.25) is 0 Å². The topological polar surface area (TPSA) is 250 Å². The van der Waals surface area contributed by atoms with Crippen molar-refractivity contribution in [2.24, 2.45) is 20.0 Å². The fourth-order valence-electron chi connectivity index (χ4n) is 3.66. The molecule has 0 aromatic carbocycles. The number of unbranched alkanes of at least 4 members (excludes halogenated alkanes) is 2. The van der Waals surface area contributed by atoms with E-state index in [9.17, 15) is 38.7 Å². The number of nitrogens with one attached hydrogen (secondary N) is 2. The summed E-state index contributed by atoms with van der Waals surface area (Å²) in [6.07, 6.45) is 5.48. The highest BCUT2D eigenvalue weighted by Crippen LogP contribution is 2.35. The first kappa shape index (κ1) is 45.2. The predicted molar refractivity (Wildman–Crippen MR) is 178 cm³/mol. The fourth-order valence-corrected chi connectivity index (χ4v) is 5.81. The third-order valence-corrected chi connectivity index (χ3v) is 8.84. The van der Waals surface area contributed by atoms with Crippen molar-refractivity contribution < 1.29 is 57.6 Å². The number of aliphatic imine (C=N–C) groups is 4. The number of isocyanates is 4. The highest BCUT2D eigenvalue weighted by Gasteiger charge is 2.21. The Morgan fingerprint density at radius 1 is 0.714 bits per heavy atom. The number of alkyl carbamates (subject to hydrolysis) is 2. The van der Waals surface area contributed by atoms with E-state index in [0.717, 1.165) is 0 Å². The van der Waals surface area contributed by atoms with Crippen LogP contribution in [-0.4, -0.2) is 134 Å². The van der Waals surface area contributed by atoms with Crippen molar-refractivity contribution in [3.05, 3.63) is 0 Å². The average molecular weight is 733 g/mol. The number of nitrogens with zero attached hydrogens (tertiary/aromatic N) is 4. The predicted octanol–water partition coefficient (Wildman–Crippen LogP) is 1.94. The molecule has 0 bridgehead atoms. The van der Waals surface area contributed by atoms with Gasteiger partial charge in [-0.1, -0.05) is 0 Å². The van der Waals surface area contributed by atoms with E-state index in [-0.39, 0.29) is 50.0 Å². The SMILES string of the molecule is CC(C)(SCCOC(=O)NCCCCC(N=C=O)C(=O)OCCN=C=O)SCCOC(=O)NCCCCC(N=C=O)C(O)OCCN=C=O. The summed E-state index contributed by atoms with van der Waals surface area (Å²) in [7, 11) is 0. The number of thioether (sulfide) groups is 2. The van der Waals surface area contributed by atoms with Crippen LogP contribution in [0.4, 0.5) is 9.59 Å². The highest BCUT2D eigenvalue weighted by molar-refractivity contribution is 8.18. The number of carbonyl (C=O) groups is 3. The number of aliphatic hydroxyl groups is 1. The van der Waals surface area contributed by atoms with Gasteiger partial charge in [-0.05, 0) is 52.4 Å². The molecule has 20 heteroatoms. The molecule has 3 unspecified atom stereocenters. The summed E-state index contributed by atoms with van der Waals surface area (Å²) in [5.74, 6) is 0.359. The van der Waals surface area contributed by atoms with Crippen molar-refractivity contribution in [1.29, 1.82) is 0 Å². The minimum atomic E-state index is -1.35. The van der Waals surface area contributed by atoms with Crippen LogP contribution in [0.25, 0.3) is 0 Å².